The molecule has 1 aliphatic rings. The zero-order valence-corrected chi connectivity index (χ0v) is 26.4. The molecule has 6 nitrogen and oxygen atoms in total. The lowest BCUT2D eigenvalue weighted by atomic mass is 9.95. The van der Waals surface area contributed by atoms with E-state index in [1.165, 1.54) is 31.2 Å². The minimum atomic E-state index is -4.99. The van der Waals surface area contributed by atoms with E-state index in [2.05, 4.69) is 33.8 Å². The highest BCUT2D eigenvalue weighted by Gasteiger charge is 2.45. The summed E-state index contributed by atoms with van der Waals surface area (Å²) in [5.74, 6) is -1.20. The number of hydrogen-bond donors (Lipinski definition) is 0. The van der Waals surface area contributed by atoms with Crippen molar-refractivity contribution in [3.05, 3.63) is 150 Å². The molecule has 7 rings (SSSR count). The molecule has 236 valence electrons. The molecule has 0 amide bonds. The van der Waals surface area contributed by atoms with Crippen molar-refractivity contribution in [2.24, 2.45) is 4.99 Å². The molecular formula is C36H25ClF3N3O3S. The average molecular weight is 672 g/mol. The van der Waals surface area contributed by atoms with E-state index < -0.39 is 35.0 Å². The van der Waals surface area contributed by atoms with E-state index in [-0.39, 0.29) is 21.5 Å². The lowest BCUT2D eigenvalue weighted by Crippen LogP contribution is -2.41. The zero-order valence-electron chi connectivity index (χ0n) is 24.8. The van der Waals surface area contributed by atoms with E-state index in [1.54, 1.807) is 6.08 Å². The smallest absolute Gasteiger partial charge is 0.434 e. The van der Waals surface area contributed by atoms with Crippen molar-refractivity contribution < 1.29 is 22.7 Å². The van der Waals surface area contributed by atoms with Crippen LogP contribution in [-0.2, 0) is 16.1 Å². The first kappa shape index (κ1) is 30.7. The average Bonchev–Trinajstić information content (AvgIpc) is 3.56. The van der Waals surface area contributed by atoms with Gasteiger partial charge in [0.1, 0.15) is 0 Å². The van der Waals surface area contributed by atoms with Crippen LogP contribution in [-0.4, -0.2) is 27.9 Å². The van der Waals surface area contributed by atoms with Gasteiger partial charge in [-0.05, 0) is 53.1 Å². The Morgan fingerprint density at radius 1 is 0.979 bits per heavy atom. The molecular weight excluding hydrogens is 647 g/mol. The highest BCUT2D eigenvalue weighted by atomic mass is 35.5. The highest BCUT2D eigenvalue weighted by molar-refractivity contribution is 7.07. The fourth-order valence-electron chi connectivity index (χ4n) is 6.08. The predicted octanol–water partition coefficient (Wildman–Crippen LogP) is 7.15. The molecule has 0 saturated heterocycles. The van der Waals surface area contributed by atoms with Crippen molar-refractivity contribution in [1.82, 2.24) is 9.13 Å². The van der Waals surface area contributed by atoms with E-state index >= 15 is 0 Å². The Balaban J connectivity index is 1.42. The molecule has 6 aromatic rings. The van der Waals surface area contributed by atoms with Gasteiger partial charge in [-0.1, -0.05) is 95.7 Å². The van der Waals surface area contributed by atoms with Gasteiger partial charge in [0.05, 0.1) is 22.8 Å². The van der Waals surface area contributed by atoms with Crippen LogP contribution in [0.5, 0.6) is 0 Å². The Bertz CT molecular complexity index is 2400. The molecule has 11 heteroatoms. The van der Waals surface area contributed by atoms with Crippen LogP contribution in [0.4, 0.5) is 13.2 Å². The van der Waals surface area contributed by atoms with Crippen molar-refractivity contribution in [1.29, 1.82) is 0 Å². The molecule has 0 fully saturated rings. The maximum atomic E-state index is 14.5. The van der Waals surface area contributed by atoms with Crippen LogP contribution in [0.3, 0.4) is 0 Å². The lowest BCUT2D eigenvalue weighted by Gasteiger charge is -2.26. The number of carbonyl (C=O) groups is 1. The topological polar surface area (TPSA) is 65.6 Å². The standard InChI is InChI=1S/C36H25ClF3N3O3S/c1-2-46-34(45)30-31(22-14-16-25(37)17-15-22)43-33(44)29(47-35(43)41-32(30)36(38,39)40)18-24-20-42(28-13-6-5-12-27(24)28)19-23-10-7-9-21-8-3-4-11-26(21)23/h3-18,20,31H,2,19H2,1H3/b29-18-/t31-/m1/s1. The van der Waals surface area contributed by atoms with Gasteiger partial charge in [-0.2, -0.15) is 13.2 Å². The van der Waals surface area contributed by atoms with Gasteiger partial charge < -0.3 is 9.30 Å². The Hall–Kier alpha value is -4.93. The molecule has 0 N–H and O–H groups in total. The number of allylic oxidation sites excluding steroid dienone is 1. The van der Waals surface area contributed by atoms with Gasteiger partial charge in [0.15, 0.2) is 10.5 Å². The largest absolute Gasteiger partial charge is 0.463 e. The molecule has 2 aromatic heterocycles. The molecule has 47 heavy (non-hydrogen) atoms. The molecule has 0 radical (unpaired) electrons. The predicted molar refractivity (Wildman–Crippen MR) is 177 cm³/mol. The van der Waals surface area contributed by atoms with Gasteiger partial charge in [-0.15, -0.1) is 0 Å². The number of rotatable bonds is 6. The third-order valence-corrected chi connectivity index (χ3v) is 9.34. The first-order valence-corrected chi connectivity index (χ1v) is 15.9. The molecule has 0 bridgehead atoms. The maximum Gasteiger partial charge on any atom is 0.434 e. The number of para-hydroxylation sites is 1. The molecule has 0 spiro atoms. The second kappa shape index (κ2) is 12.0. The number of nitrogens with zero attached hydrogens (tertiary/aromatic N) is 3. The van der Waals surface area contributed by atoms with Gasteiger partial charge in [0, 0.05) is 34.2 Å². The first-order chi connectivity index (χ1) is 22.6. The lowest BCUT2D eigenvalue weighted by molar-refractivity contribution is -0.140. The summed E-state index contributed by atoms with van der Waals surface area (Å²) in [6.07, 6.45) is -1.38. The molecule has 3 heterocycles. The monoisotopic (exact) mass is 671 g/mol. The summed E-state index contributed by atoms with van der Waals surface area (Å²) in [4.78, 5) is 30.9. The second-order valence-electron chi connectivity index (χ2n) is 11.0. The quantitative estimate of drug-likeness (QED) is 0.177. The number of esters is 1. The van der Waals surface area contributed by atoms with E-state index in [1.807, 2.05) is 48.7 Å². The molecule has 0 aliphatic carbocycles. The summed E-state index contributed by atoms with van der Waals surface area (Å²) in [5.41, 5.74) is 0.292. The highest BCUT2D eigenvalue weighted by Crippen LogP contribution is 2.38. The molecule has 4 aromatic carbocycles. The van der Waals surface area contributed by atoms with Gasteiger partial charge >= 0.3 is 12.1 Å². The van der Waals surface area contributed by atoms with E-state index in [0.29, 0.717) is 11.6 Å². The van der Waals surface area contributed by atoms with Gasteiger partial charge in [-0.25, -0.2) is 9.79 Å². The summed E-state index contributed by atoms with van der Waals surface area (Å²) >= 11 is 6.92. The van der Waals surface area contributed by atoms with Gasteiger partial charge in [0.2, 0.25) is 0 Å². The van der Waals surface area contributed by atoms with Crippen molar-refractivity contribution in [2.75, 3.05) is 6.61 Å². The number of benzene rings is 4. The van der Waals surface area contributed by atoms with Crippen LogP contribution >= 0.6 is 22.9 Å². The molecule has 0 unspecified atom stereocenters. The van der Waals surface area contributed by atoms with Crippen molar-refractivity contribution in [2.45, 2.75) is 25.7 Å². The summed E-state index contributed by atoms with van der Waals surface area (Å²) in [6.45, 7) is 1.90. The van der Waals surface area contributed by atoms with E-state index in [0.717, 1.165) is 48.7 Å². The fraction of sp³-hybridized carbons (Fsp3) is 0.139. The minimum Gasteiger partial charge on any atom is -0.463 e. The Morgan fingerprint density at radius 3 is 2.43 bits per heavy atom. The second-order valence-corrected chi connectivity index (χ2v) is 12.4. The van der Waals surface area contributed by atoms with Crippen LogP contribution in [0.25, 0.3) is 27.8 Å². The molecule has 0 saturated carbocycles. The minimum absolute atomic E-state index is 0.159. The maximum absolute atomic E-state index is 14.5. The molecule has 1 aliphatic heterocycles. The van der Waals surface area contributed by atoms with Gasteiger partial charge in [-0.3, -0.25) is 9.36 Å². The Morgan fingerprint density at radius 2 is 1.68 bits per heavy atom. The number of thiazole rings is 1. The summed E-state index contributed by atoms with van der Waals surface area (Å²) in [6, 6.07) is 26.6. The Kier molecular flexibility index (Phi) is 7.85. The number of fused-ring (bicyclic) bond motifs is 3. The fourth-order valence-corrected chi connectivity index (χ4v) is 7.19. The number of carbonyl (C=O) groups excluding carboxylic acids is 1. The Labute approximate surface area is 274 Å². The van der Waals surface area contributed by atoms with Crippen molar-refractivity contribution in [3.63, 3.8) is 0 Å². The number of halogens is 4. The van der Waals surface area contributed by atoms with Crippen molar-refractivity contribution >= 4 is 56.7 Å². The number of alkyl halides is 3. The van der Waals surface area contributed by atoms with Crippen LogP contribution in [0.1, 0.15) is 29.7 Å². The van der Waals surface area contributed by atoms with Crippen LogP contribution in [0.15, 0.2) is 118 Å². The zero-order chi connectivity index (χ0) is 32.9. The van der Waals surface area contributed by atoms with E-state index in [4.69, 9.17) is 16.3 Å². The SMILES string of the molecule is CCOC(=O)C1=C(C(F)(F)F)N=c2s/c(=C\c3cn(Cc4cccc5ccccc45)c4ccccc34)c(=O)n2[C@@H]1c1ccc(Cl)cc1. The third kappa shape index (κ3) is 5.57. The van der Waals surface area contributed by atoms with Crippen LogP contribution in [0.2, 0.25) is 5.02 Å². The number of aromatic nitrogens is 2. The first-order valence-electron chi connectivity index (χ1n) is 14.7. The van der Waals surface area contributed by atoms with Crippen molar-refractivity contribution in [3.8, 4) is 0 Å². The van der Waals surface area contributed by atoms with E-state index in [9.17, 15) is 22.8 Å². The van der Waals surface area contributed by atoms with Crippen LogP contribution in [0, 0.1) is 0 Å². The van der Waals surface area contributed by atoms with Gasteiger partial charge in [0.25, 0.3) is 5.56 Å². The number of hydrogen-bond acceptors (Lipinski definition) is 5. The summed E-state index contributed by atoms with van der Waals surface area (Å²) in [5, 5.41) is 3.47. The van der Waals surface area contributed by atoms with Crippen LogP contribution < -0.4 is 14.9 Å². The molecule has 1 atom stereocenters. The summed E-state index contributed by atoms with van der Waals surface area (Å²) in [7, 11) is 0. The summed E-state index contributed by atoms with van der Waals surface area (Å²) < 4.78 is 51.9. The normalized spacial score (nSPS) is 15.3. The number of ether oxygens (including phenoxy) is 1. The third-order valence-electron chi connectivity index (χ3n) is 8.11.